The average Bonchev–Trinajstić information content (AvgIpc) is 2.42. The first-order valence-corrected chi connectivity index (χ1v) is 6.73. The highest BCUT2D eigenvalue weighted by atomic mass is 16.5. The molecule has 1 aliphatic heterocycles. The fourth-order valence-corrected chi connectivity index (χ4v) is 2.30. The zero-order valence-electron chi connectivity index (χ0n) is 12.2. The summed E-state index contributed by atoms with van der Waals surface area (Å²) in [5.74, 6) is 0.598. The van der Waals surface area contributed by atoms with Crippen LogP contribution < -0.4 is 9.64 Å². The van der Waals surface area contributed by atoms with Crippen molar-refractivity contribution in [2.45, 2.75) is 32.5 Å². The lowest BCUT2D eigenvalue weighted by Gasteiger charge is -2.39. The van der Waals surface area contributed by atoms with E-state index in [9.17, 15) is 9.90 Å². The zero-order chi connectivity index (χ0) is 14.8. The number of carbonyl (C=O) groups excluding carboxylic acids is 1. The van der Waals surface area contributed by atoms with Crippen molar-refractivity contribution in [3.8, 4) is 5.75 Å². The molecule has 1 aromatic rings. The van der Waals surface area contributed by atoms with E-state index in [4.69, 9.17) is 9.47 Å². The number of hydrogen-bond acceptors (Lipinski definition) is 4. The van der Waals surface area contributed by atoms with Crippen LogP contribution in [0, 0.1) is 0 Å². The second kappa shape index (κ2) is 5.81. The van der Waals surface area contributed by atoms with Gasteiger partial charge in [0.15, 0.2) is 5.60 Å². The van der Waals surface area contributed by atoms with E-state index in [1.807, 2.05) is 0 Å². The third-order valence-electron chi connectivity index (χ3n) is 3.35. The van der Waals surface area contributed by atoms with E-state index in [0.29, 0.717) is 18.9 Å². The minimum absolute atomic E-state index is 0.0588. The Morgan fingerprint density at radius 2 is 2.15 bits per heavy atom. The van der Waals surface area contributed by atoms with Crippen LogP contribution in [0.15, 0.2) is 18.2 Å². The van der Waals surface area contributed by atoms with Gasteiger partial charge in [0.2, 0.25) is 0 Å². The van der Waals surface area contributed by atoms with Crippen LogP contribution in [-0.4, -0.2) is 36.9 Å². The third-order valence-corrected chi connectivity index (χ3v) is 3.35. The van der Waals surface area contributed by atoms with Crippen LogP contribution in [0.2, 0.25) is 0 Å². The molecule has 0 unspecified atom stereocenters. The minimum Gasteiger partial charge on any atom is -0.476 e. The molecule has 1 amide bonds. The smallest absolute Gasteiger partial charge is 0.270 e. The number of hydrogen-bond donors (Lipinski definition) is 1. The number of anilines is 1. The Morgan fingerprint density at radius 3 is 2.80 bits per heavy atom. The van der Waals surface area contributed by atoms with Crippen molar-refractivity contribution in [3.63, 3.8) is 0 Å². The normalized spacial score (nSPS) is 16.8. The van der Waals surface area contributed by atoms with E-state index in [-0.39, 0.29) is 12.5 Å². The largest absolute Gasteiger partial charge is 0.476 e. The summed E-state index contributed by atoms with van der Waals surface area (Å²) in [6, 6.07) is 5.41. The van der Waals surface area contributed by atoms with Crippen LogP contribution in [0.25, 0.3) is 0 Å². The maximum atomic E-state index is 12.5. The Balaban J connectivity index is 2.35. The highest BCUT2D eigenvalue weighted by molar-refractivity contribution is 6.02. The molecule has 0 aromatic heterocycles. The van der Waals surface area contributed by atoms with Gasteiger partial charge in [-0.15, -0.1) is 0 Å². The zero-order valence-corrected chi connectivity index (χ0v) is 12.2. The van der Waals surface area contributed by atoms with Gasteiger partial charge in [-0.2, -0.15) is 0 Å². The van der Waals surface area contributed by atoms with Crippen molar-refractivity contribution in [3.05, 3.63) is 23.8 Å². The Hall–Kier alpha value is -1.59. The van der Waals surface area contributed by atoms with Crippen molar-refractivity contribution in [1.82, 2.24) is 0 Å². The van der Waals surface area contributed by atoms with Gasteiger partial charge in [0.1, 0.15) is 5.75 Å². The molecule has 0 bridgehead atoms. The Bertz CT molecular complexity index is 499. The highest BCUT2D eigenvalue weighted by Gasteiger charge is 2.40. The Kier molecular flexibility index (Phi) is 4.30. The third kappa shape index (κ3) is 2.78. The molecule has 0 saturated heterocycles. The minimum atomic E-state index is -0.874. The summed E-state index contributed by atoms with van der Waals surface area (Å²) in [6.45, 7) is 4.64. The molecule has 0 radical (unpaired) electrons. The molecule has 0 spiro atoms. The molecule has 5 heteroatoms. The first kappa shape index (κ1) is 14.8. The summed E-state index contributed by atoms with van der Waals surface area (Å²) in [7, 11) is 1.64. The van der Waals surface area contributed by atoms with Crippen LogP contribution >= 0.6 is 0 Å². The van der Waals surface area contributed by atoms with E-state index in [0.717, 1.165) is 17.7 Å². The molecule has 20 heavy (non-hydrogen) atoms. The summed E-state index contributed by atoms with van der Waals surface area (Å²) >= 11 is 0. The van der Waals surface area contributed by atoms with Gasteiger partial charge < -0.3 is 19.5 Å². The van der Waals surface area contributed by atoms with Crippen LogP contribution in [0.1, 0.15) is 25.8 Å². The quantitative estimate of drug-likeness (QED) is 0.834. The number of fused-ring (bicyclic) bond motifs is 1. The predicted molar refractivity (Wildman–Crippen MR) is 75.9 cm³/mol. The number of rotatable bonds is 5. The fourth-order valence-electron chi connectivity index (χ4n) is 2.30. The first-order chi connectivity index (χ1) is 9.49. The second-order valence-electron chi connectivity index (χ2n) is 5.38. The molecule has 2 rings (SSSR count). The van der Waals surface area contributed by atoms with E-state index in [2.05, 4.69) is 0 Å². The second-order valence-corrected chi connectivity index (χ2v) is 5.38. The van der Waals surface area contributed by atoms with Gasteiger partial charge in [0.05, 0.1) is 12.3 Å². The highest BCUT2D eigenvalue weighted by Crippen LogP contribution is 2.38. The van der Waals surface area contributed by atoms with Crippen LogP contribution in [-0.2, 0) is 16.1 Å². The van der Waals surface area contributed by atoms with Gasteiger partial charge in [-0.3, -0.25) is 4.79 Å². The lowest BCUT2D eigenvalue weighted by molar-refractivity contribution is -0.132. The molecule has 1 heterocycles. The van der Waals surface area contributed by atoms with Crippen LogP contribution in [0.5, 0.6) is 5.75 Å². The predicted octanol–water partition coefficient (Wildman–Crippen LogP) is 1.72. The molecule has 1 aliphatic rings. The van der Waals surface area contributed by atoms with Crippen molar-refractivity contribution in [2.75, 3.05) is 25.2 Å². The van der Waals surface area contributed by atoms with Gasteiger partial charge in [0.25, 0.3) is 5.91 Å². The molecule has 0 atom stereocenters. The van der Waals surface area contributed by atoms with Crippen molar-refractivity contribution < 1.29 is 19.4 Å². The lowest BCUT2D eigenvalue weighted by Crippen LogP contribution is -2.52. The number of nitrogens with zero attached hydrogens (tertiary/aromatic N) is 1. The SMILES string of the molecule is COCCCN1C(=O)C(C)(C)Oc2ccc(CO)cc21. The number of methoxy groups -OCH3 is 1. The number of aliphatic hydroxyl groups is 1. The molecular weight excluding hydrogens is 258 g/mol. The van der Waals surface area contributed by atoms with Gasteiger partial charge >= 0.3 is 0 Å². The van der Waals surface area contributed by atoms with Gasteiger partial charge in [-0.1, -0.05) is 6.07 Å². The molecular formula is C15H21NO4. The summed E-state index contributed by atoms with van der Waals surface area (Å²) in [4.78, 5) is 14.2. The fraction of sp³-hybridized carbons (Fsp3) is 0.533. The first-order valence-electron chi connectivity index (χ1n) is 6.73. The van der Waals surface area contributed by atoms with E-state index >= 15 is 0 Å². The summed E-state index contributed by atoms with van der Waals surface area (Å²) in [6.07, 6.45) is 0.751. The maximum absolute atomic E-state index is 12.5. The topological polar surface area (TPSA) is 59.0 Å². The molecule has 1 N–H and O–H groups in total. The van der Waals surface area contributed by atoms with E-state index < -0.39 is 5.60 Å². The molecule has 0 fully saturated rings. The molecule has 5 nitrogen and oxygen atoms in total. The van der Waals surface area contributed by atoms with Crippen molar-refractivity contribution in [1.29, 1.82) is 0 Å². The van der Waals surface area contributed by atoms with E-state index in [1.54, 1.807) is 44.1 Å². The number of benzene rings is 1. The molecule has 1 aromatic carbocycles. The van der Waals surface area contributed by atoms with E-state index in [1.165, 1.54) is 0 Å². The number of aliphatic hydroxyl groups excluding tert-OH is 1. The summed E-state index contributed by atoms with van der Waals surface area (Å²) in [5, 5.41) is 9.24. The van der Waals surface area contributed by atoms with Gasteiger partial charge in [-0.25, -0.2) is 0 Å². The standard InChI is InChI=1S/C15H21NO4/c1-15(2)14(18)16(7-4-8-19-3)12-9-11(10-17)5-6-13(12)20-15/h5-6,9,17H,4,7-8,10H2,1-3H3. The van der Waals surface area contributed by atoms with Gasteiger partial charge in [0, 0.05) is 20.3 Å². The summed E-state index contributed by atoms with van der Waals surface area (Å²) < 4.78 is 10.8. The number of ether oxygens (including phenoxy) is 2. The summed E-state index contributed by atoms with van der Waals surface area (Å²) in [5.41, 5.74) is 0.606. The lowest BCUT2D eigenvalue weighted by atomic mass is 10.0. The maximum Gasteiger partial charge on any atom is 0.270 e. The Morgan fingerprint density at radius 1 is 1.40 bits per heavy atom. The Labute approximate surface area is 119 Å². The van der Waals surface area contributed by atoms with Crippen molar-refractivity contribution in [2.24, 2.45) is 0 Å². The monoisotopic (exact) mass is 279 g/mol. The molecule has 0 saturated carbocycles. The van der Waals surface area contributed by atoms with Crippen LogP contribution in [0.3, 0.4) is 0 Å². The number of carbonyl (C=O) groups is 1. The average molecular weight is 279 g/mol. The molecule has 110 valence electrons. The number of amides is 1. The van der Waals surface area contributed by atoms with Gasteiger partial charge in [-0.05, 0) is 38.0 Å². The van der Waals surface area contributed by atoms with Crippen LogP contribution in [0.4, 0.5) is 5.69 Å². The van der Waals surface area contributed by atoms with Crippen molar-refractivity contribution >= 4 is 11.6 Å². The molecule has 0 aliphatic carbocycles.